The van der Waals surface area contributed by atoms with Crippen molar-refractivity contribution in [3.63, 3.8) is 0 Å². The molecule has 28 heavy (non-hydrogen) atoms. The number of methoxy groups -OCH3 is 1. The summed E-state index contributed by atoms with van der Waals surface area (Å²) in [6.07, 6.45) is 0.161. The lowest BCUT2D eigenvalue weighted by Crippen LogP contribution is -2.28. The molecule has 1 unspecified atom stereocenters. The summed E-state index contributed by atoms with van der Waals surface area (Å²) in [6, 6.07) is 14.3. The largest absolute Gasteiger partial charge is 0.465 e. The summed E-state index contributed by atoms with van der Waals surface area (Å²) in [5.41, 5.74) is 2.93. The third-order valence-electron chi connectivity index (χ3n) is 4.94. The molecule has 0 saturated carbocycles. The number of carbonyl (C=O) groups is 3. The zero-order valence-electron chi connectivity index (χ0n) is 16.3. The van der Waals surface area contributed by atoms with Crippen molar-refractivity contribution in [1.29, 1.82) is 0 Å². The fourth-order valence-corrected chi connectivity index (χ4v) is 3.38. The average molecular weight is 380 g/mol. The first-order valence-corrected chi connectivity index (χ1v) is 9.29. The van der Waals surface area contributed by atoms with Gasteiger partial charge in [0.05, 0.1) is 18.6 Å². The van der Waals surface area contributed by atoms with Crippen LogP contribution in [0.5, 0.6) is 0 Å². The van der Waals surface area contributed by atoms with E-state index in [1.165, 1.54) is 7.11 Å². The molecule has 0 bridgehead atoms. The minimum absolute atomic E-state index is 0.108. The summed E-state index contributed by atoms with van der Waals surface area (Å²) in [6.45, 7) is 4.46. The first-order valence-electron chi connectivity index (χ1n) is 9.29. The molecule has 1 N–H and O–H groups in total. The number of anilines is 2. The molecule has 146 valence electrons. The number of ether oxygens (including phenoxy) is 1. The van der Waals surface area contributed by atoms with Gasteiger partial charge in [0.25, 0.3) is 0 Å². The number of para-hydroxylation sites is 1. The van der Waals surface area contributed by atoms with Crippen LogP contribution in [0.2, 0.25) is 0 Å². The molecule has 2 amide bonds. The third kappa shape index (κ3) is 4.06. The topological polar surface area (TPSA) is 75.7 Å². The highest BCUT2D eigenvalue weighted by atomic mass is 16.5. The van der Waals surface area contributed by atoms with Crippen LogP contribution in [0, 0.1) is 5.92 Å². The Morgan fingerprint density at radius 3 is 2.43 bits per heavy atom. The molecule has 6 nitrogen and oxygen atoms in total. The van der Waals surface area contributed by atoms with Gasteiger partial charge in [-0.3, -0.25) is 9.59 Å². The smallest absolute Gasteiger partial charge is 0.337 e. The summed E-state index contributed by atoms with van der Waals surface area (Å²) in [5, 5.41) is 2.98. The standard InChI is InChI=1S/C22H24N2O4/c1-14(2)18-6-4-5-7-19(18)23-21(26)16-12-20(25)24(13-16)17-10-8-15(9-11-17)22(27)28-3/h4-11,14,16H,12-13H2,1-3H3,(H,23,26). The fraction of sp³-hybridized carbons (Fsp3) is 0.318. The predicted octanol–water partition coefficient (Wildman–Crippen LogP) is 3.59. The molecule has 1 atom stereocenters. The van der Waals surface area contributed by atoms with Crippen molar-refractivity contribution in [2.24, 2.45) is 5.92 Å². The first kappa shape index (κ1) is 19.6. The first-order chi connectivity index (χ1) is 13.4. The maximum Gasteiger partial charge on any atom is 0.337 e. The second-order valence-electron chi connectivity index (χ2n) is 7.18. The van der Waals surface area contributed by atoms with Crippen LogP contribution in [-0.2, 0) is 14.3 Å². The van der Waals surface area contributed by atoms with E-state index in [-0.39, 0.29) is 24.2 Å². The van der Waals surface area contributed by atoms with Crippen LogP contribution < -0.4 is 10.2 Å². The monoisotopic (exact) mass is 380 g/mol. The van der Waals surface area contributed by atoms with E-state index in [1.807, 2.05) is 24.3 Å². The SMILES string of the molecule is COC(=O)c1ccc(N2CC(C(=O)Nc3ccccc3C(C)C)CC2=O)cc1. The number of rotatable bonds is 5. The predicted molar refractivity (Wildman–Crippen MR) is 107 cm³/mol. The molecule has 1 saturated heterocycles. The zero-order valence-corrected chi connectivity index (χ0v) is 16.3. The highest BCUT2D eigenvalue weighted by Crippen LogP contribution is 2.28. The van der Waals surface area contributed by atoms with Crippen LogP contribution in [0.1, 0.15) is 42.1 Å². The number of benzene rings is 2. The quantitative estimate of drug-likeness (QED) is 0.805. The van der Waals surface area contributed by atoms with E-state index in [0.717, 1.165) is 11.3 Å². The average Bonchev–Trinajstić information content (AvgIpc) is 3.09. The maximum absolute atomic E-state index is 12.7. The summed E-state index contributed by atoms with van der Waals surface area (Å²) < 4.78 is 4.68. The van der Waals surface area contributed by atoms with Crippen molar-refractivity contribution in [1.82, 2.24) is 0 Å². The van der Waals surface area contributed by atoms with Crippen molar-refractivity contribution < 1.29 is 19.1 Å². The summed E-state index contributed by atoms with van der Waals surface area (Å²) in [5.74, 6) is -0.835. The lowest BCUT2D eigenvalue weighted by molar-refractivity contribution is -0.122. The van der Waals surface area contributed by atoms with Gasteiger partial charge in [0, 0.05) is 24.3 Å². The summed E-state index contributed by atoms with van der Waals surface area (Å²) >= 11 is 0. The number of hydrogen-bond donors (Lipinski definition) is 1. The van der Waals surface area contributed by atoms with E-state index < -0.39 is 11.9 Å². The number of carbonyl (C=O) groups excluding carboxylic acids is 3. The molecule has 2 aromatic rings. The molecular weight excluding hydrogens is 356 g/mol. The lowest BCUT2D eigenvalue weighted by Gasteiger charge is -2.18. The van der Waals surface area contributed by atoms with E-state index in [9.17, 15) is 14.4 Å². The van der Waals surface area contributed by atoms with Gasteiger partial charge in [-0.15, -0.1) is 0 Å². The molecule has 0 radical (unpaired) electrons. The van der Waals surface area contributed by atoms with Crippen molar-refractivity contribution in [3.8, 4) is 0 Å². The second-order valence-corrected chi connectivity index (χ2v) is 7.18. The van der Waals surface area contributed by atoms with E-state index in [1.54, 1.807) is 29.2 Å². The van der Waals surface area contributed by atoms with Crippen LogP contribution in [0.3, 0.4) is 0 Å². The van der Waals surface area contributed by atoms with Gasteiger partial charge >= 0.3 is 5.97 Å². The van der Waals surface area contributed by atoms with Crippen LogP contribution >= 0.6 is 0 Å². The number of esters is 1. The van der Waals surface area contributed by atoms with E-state index in [0.29, 0.717) is 17.8 Å². The third-order valence-corrected chi connectivity index (χ3v) is 4.94. The normalized spacial score (nSPS) is 16.4. The number of nitrogens with one attached hydrogen (secondary N) is 1. The Hall–Kier alpha value is -3.15. The van der Waals surface area contributed by atoms with Gasteiger partial charge in [-0.2, -0.15) is 0 Å². The van der Waals surface area contributed by atoms with Crippen molar-refractivity contribution >= 4 is 29.2 Å². The van der Waals surface area contributed by atoms with Gasteiger partial charge < -0.3 is 15.0 Å². The molecule has 0 aliphatic carbocycles. The van der Waals surface area contributed by atoms with Gasteiger partial charge in [-0.1, -0.05) is 32.0 Å². The highest BCUT2D eigenvalue weighted by Gasteiger charge is 2.35. The summed E-state index contributed by atoms with van der Waals surface area (Å²) in [7, 11) is 1.32. The van der Waals surface area contributed by atoms with Crippen LogP contribution in [0.15, 0.2) is 48.5 Å². The van der Waals surface area contributed by atoms with Crippen molar-refractivity contribution in [3.05, 3.63) is 59.7 Å². The molecule has 1 aliphatic heterocycles. The highest BCUT2D eigenvalue weighted by molar-refractivity contribution is 6.04. The van der Waals surface area contributed by atoms with Gasteiger partial charge in [-0.05, 0) is 41.8 Å². The minimum atomic E-state index is -0.430. The van der Waals surface area contributed by atoms with Gasteiger partial charge in [0.15, 0.2) is 0 Å². The summed E-state index contributed by atoms with van der Waals surface area (Å²) in [4.78, 5) is 38.3. The van der Waals surface area contributed by atoms with Gasteiger partial charge in [0.2, 0.25) is 11.8 Å². The van der Waals surface area contributed by atoms with E-state index in [4.69, 9.17) is 0 Å². The molecular formula is C22H24N2O4. The van der Waals surface area contributed by atoms with Crippen LogP contribution in [-0.4, -0.2) is 31.4 Å². The van der Waals surface area contributed by atoms with Gasteiger partial charge in [-0.25, -0.2) is 4.79 Å². The fourth-order valence-electron chi connectivity index (χ4n) is 3.38. The molecule has 6 heteroatoms. The molecule has 0 spiro atoms. The Kier molecular flexibility index (Phi) is 5.78. The number of amides is 2. The Morgan fingerprint density at radius 2 is 1.79 bits per heavy atom. The Bertz CT molecular complexity index is 890. The molecule has 0 aromatic heterocycles. The Morgan fingerprint density at radius 1 is 1.11 bits per heavy atom. The minimum Gasteiger partial charge on any atom is -0.465 e. The molecule has 2 aromatic carbocycles. The zero-order chi connectivity index (χ0) is 20.3. The second kappa shape index (κ2) is 8.25. The number of hydrogen-bond acceptors (Lipinski definition) is 4. The molecule has 1 aliphatic rings. The van der Waals surface area contributed by atoms with Crippen molar-refractivity contribution in [2.45, 2.75) is 26.2 Å². The lowest BCUT2D eigenvalue weighted by atomic mass is 10.0. The molecule has 1 heterocycles. The van der Waals surface area contributed by atoms with E-state index >= 15 is 0 Å². The van der Waals surface area contributed by atoms with Crippen molar-refractivity contribution in [2.75, 3.05) is 23.9 Å². The van der Waals surface area contributed by atoms with E-state index in [2.05, 4.69) is 23.9 Å². The molecule has 3 rings (SSSR count). The Labute approximate surface area is 164 Å². The maximum atomic E-state index is 12.7. The Balaban J connectivity index is 1.70. The van der Waals surface area contributed by atoms with Crippen LogP contribution in [0.4, 0.5) is 11.4 Å². The van der Waals surface area contributed by atoms with Crippen LogP contribution in [0.25, 0.3) is 0 Å². The number of nitrogens with zero attached hydrogens (tertiary/aromatic N) is 1. The van der Waals surface area contributed by atoms with Gasteiger partial charge in [0.1, 0.15) is 0 Å². The molecule has 1 fully saturated rings.